The topological polar surface area (TPSA) is 83.8 Å². The van der Waals surface area contributed by atoms with E-state index in [4.69, 9.17) is 9.84 Å². The van der Waals surface area contributed by atoms with Crippen LogP contribution in [-0.4, -0.2) is 66.5 Å². The second kappa shape index (κ2) is 6.70. The van der Waals surface area contributed by atoms with E-state index in [1.54, 1.807) is 13.8 Å². The first-order chi connectivity index (χ1) is 8.03. The van der Waals surface area contributed by atoms with E-state index in [0.29, 0.717) is 11.0 Å². The minimum Gasteiger partial charge on any atom is -0.481 e. The number of quaternary nitrogens is 1. The van der Waals surface area contributed by atoms with Gasteiger partial charge in [0, 0.05) is 0 Å². The van der Waals surface area contributed by atoms with Crippen molar-refractivity contribution in [3.63, 3.8) is 0 Å². The Bertz CT molecular complexity index is 295. The van der Waals surface area contributed by atoms with Gasteiger partial charge in [-0.05, 0) is 5.92 Å². The molecule has 0 heterocycles. The highest BCUT2D eigenvalue weighted by molar-refractivity contribution is 5.75. The highest BCUT2D eigenvalue weighted by Crippen LogP contribution is 2.10. The number of nitrogens with zero attached hydrogens (tertiary/aromatic N) is 1. The van der Waals surface area contributed by atoms with Crippen LogP contribution in [0.25, 0.3) is 0 Å². The summed E-state index contributed by atoms with van der Waals surface area (Å²) in [5, 5.41) is 18.3. The Morgan fingerprint density at radius 2 is 1.72 bits per heavy atom. The summed E-state index contributed by atoms with van der Waals surface area (Å²) in [5.74, 6) is -2.04. The molecule has 0 aliphatic heterocycles. The summed E-state index contributed by atoms with van der Waals surface area (Å²) < 4.78 is 5.55. The van der Waals surface area contributed by atoms with Crippen LogP contribution < -0.4 is 0 Å². The standard InChI is InChI=1S/C12H23NO5/c1-8(2)11(16)12(17)18-9(6-10(14)15)7-13(3,4)5/h8-9,11,16H,6-7H2,1-5H3/p+1. The highest BCUT2D eigenvalue weighted by Gasteiger charge is 2.28. The maximum absolute atomic E-state index is 11.6. The number of rotatable bonds is 7. The van der Waals surface area contributed by atoms with Gasteiger partial charge in [0.05, 0.1) is 27.6 Å². The van der Waals surface area contributed by atoms with E-state index in [1.807, 2.05) is 21.1 Å². The first-order valence-electron chi connectivity index (χ1n) is 5.93. The van der Waals surface area contributed by atoms with Crippen molar-refractivity contribution in [1.29, 1.82) is 0 Å². The Balaban J connectivity index is 4.59. The number of carboxylic acids is 1. The Morgan fingerprint density at radius 1 is 1.22 bits per heavy atom. The summed E-state index contributed by atoms with van der Waals surface area (Å²) in [7, 11) is 5.63. The molecule has 0 spiro atoms. The highest BCUT2D eigenvalue weighted by atomic mass is 16.6. The molecule has 0 aliphatic rings. The van der Waals surface area contributed by atoms with E-state index in [2.05, 4.69) is 0 Å². The zero-order valence-electron chi connectivity index (χ0n) is 11.7. The fraction of sp³-hybridized carbons (Fsp3) is 0.833. The molecule has 0 bridgehead atoms. The lowest BCUT2D eigenvalue weighted by molar-refractivity contribution is -0.873. The average Bonchev–Trinajstić information content (AvgIpc) is 2.11. The van der Waals surface area contributed by atoms with Crippen LogP contribution >= 0.6 is 0 Å². The minimum absolute atomic E-state index is 0.257. The molecule has 0 aromatic heterocycles. The Hall–Kier alpha value is -1.14. The molecule has 0 rings (SSSR count). The normalized spacial score (nSPS) is 15.3. The van der Waals surface area contributed by atoms with Crippen LogP contribution in [0.4, 0.5) is 0 Å². The number of carboxylic acid groups (broad SMARTS) is 1. The Labute approximate surface area is 108 Å². The molecule has 2 N–H and O–H groups in total. The number of esters is 1. The fourth-order valence-electron chi connectivity index (χ4n) is 1.46. The molecule has 0 aromatic rings. The van der Waals surface area contributed by atoms with Crippen molar-refractivity contribution >= 4 is 11.9 Å². The molecule has 0 aromatic carbocycles. The van der Waals surface area contributed by atoms with Crippen LogP contribution in [-0.2, 0) is 14.3 Å². The van der Waals surface area contributed by atoms with Gasteiger partial charge >= 0.3 is 11.9 Å². The number of likely N-dealkylation sites (N-methyl/N-ethyl adjacent to an activating group) is 1. The zero-order chi connectivity index (χ0) is 14.5. The molecule has 0 saturated heterocycles. The van der Waals surface area contributed by atoms with E-state index in [9.17, 15) is 14.7 Å². The molecule has 0 aliphatic carbocycles. The van der Waals surface area contributed by atoms with E-state index in [1.165, 1.54) is 0 Å². The third-order valence-corrected chi connectivity index (χ3v) is 2.31. The summed E-state index contributed by atoms with van der Waals surface area (Å²) in [6.07, 6.45) is -2.20. The number of carbonyl (C=O) groups excluding carboxylic acids is 1. The number of hydrogen-bond acceptors (Lipinski definition) is 4. The van der Waals surface area contributed by atoms with Gasteiger partial charge < -0.3 is 19.4 Å². The van der Waals surface area contributed by atoms with Crippen LogP contribution in [0, 0.1) is 5.92 Å². The number of hydrogen-bond donors (Lipinski definition) is 2. The summed E-state index contributed by atoms with van der Waals surface area (Å²) in [6, 6.07) is 0. The number of ether oxygens (including phenoxy) is 1. The predicted octanol–water partition coefficient (Wildman–Crippen LogP) is 0.0960. The van der Waals surface area contributed by atoms with E-state index in [-0.39, 0.29) is 12.3 Å². The molecule has 6 heteroatoms. The quantitative estimate of drug-likeness (QED) is 0.502. The van der Waals surface area contributed by atoms with E-state index in [0.717, 1.165) is 0 Å². The molecule has 0 radical (unpaired) electrons. The average molecular weight is 262 g/mol. The smallest absolute Gasteiger partial charge is 0.335 e. The maximum Gasteiger partial charge on any atom is 0.335 e. The Morgan fingerprint density at radius 3 is 2.06 bits per heavy atom. The van der Waals surface area contributed by atoms with Crippen molar-refractivity contribution in [2.24, 2.45) is 5.92 Å². The monoisotopic (exact) mass is 262 g/mol. The van der Waals surface area contributed by atoms with Crippen LogP contribution in [0.1, 0.15) is 20.3 Å². The fourth-order valence-corrected chi connectivity index (χ4v) is 1.46. The van der Waals surface area contributed by atoms with Crippen LogP contribution in [0.2, 0.25) is 0 Å². The third kappa shape index (κ3) is 7.24. The van der Waals surface area contributed by atoms with E-state index < -0.39 is 24.1 Å². The molecule has 106 valence electrons. The van der Waals surface area contributed by atoms with Gasteiger partial charge in [0.15, 0.2) is 12.2 Å². The minimum atomic E-state index is -1.21. The van der Waals surface area contributed by atoms with Crippen molar-refractivity contribution in [3.8, 4) is 0 Å². The third-order valence-electron chi connectivity index (χ3n) is 2.31. The summed E-state index contributed by atoms with van der Waals surface area (Å²) >= 11 is 0. The largest absolute Gasteiger partial charge is 0.481 e. The molecule has 18 heavy (non-hydrogen) atoms. The van der Waals surface area contributed by atoms with Gasteiger partial charge in [-0.1, -0.05) is 13.8 Å². The number of carbonyl (C=O) groups is 2. The lowest BCUT2D eigenvalue weighted by atomic mass is 10.1. The molecule has 2 unspecified atom stereocenters. The van der Waals surface area contributed by atoms with Crippen molar-refractivity contribution in [2.75, 3.05) is 27.7 Å². The second-order valence-corrected chi connectivity index (χ2v) is 5.82. The van der Waals surface area contributed by atoms with Crippen LogP contribution in [0.3, 0.4) is 0 Å². The Kier molecular flexibility index (Phi) is 6.28. The van der Waals surface area contributed by atoms with E-state index >= 15 is 0 Å². The van der Waals surface area contributed by atoms with Gasteiger partial charge in [0.25, 0.3) is 0 Å². The number of aliphatic hydroxyl groups is 1. The molecule has 0 saturated carbocycles. The first-order valence-corrected chi connectivity index (χ1v) is 5.93. The summed E-state index contributed by atoms with van der Waals surface area (Å²) in [6.45, 7) is 3.76. The van der Waals surface area contributed by atoms with Gasteiger partial charge in [-0.15, -0.1) is 0 Å². The lowest BCUT2D eigenvalue weighted by Crippen LogP contribution is -2.45. The predicted molar refractivity (Wildman–Crippen MR) is 65.9 cm³/mol. The summed E-state index contributed by atoms with van der Waals surface area (Å²) in [5.41, 5.74) is 0. The van der Waals surface area contributed by atoms with Gasteiger partial charge in [-0.2, -0.15) is 0 Å². The number of aliphatic carboxylic acids is 1. The van der Waals surface area contributed by atoms with Crippen molar-refractivity contribution in [3.05, 3.63) is 0 Å². The first kappa shape index (κ1) is 16.9. The maximum atomic E-state index is 11.6. The van der Waals surface area contributed by atoms with Crippen LogP contribution in [0.15, 0.2) is 0 Å². The van der Waals surface area contributed by atoms with Gasteiger partial charge in [-0.25, -0.2) is 4.79 Å². The van der Waals surface area contributed by atoms with Crippen molar-refractivity contribution < 1.29 is 29.0 Å². The second-order valence-electron chi connectivity index (χ2n) is 5.82. The van der Waals surface area contributed by atoms with Crippen LogP contribution in [0.5, 0.6) is 0 Å². The van der Waals surface area contributed by atoms with Gasteiger partial charge in [0.2, 0.25) is 0 Å². The number of aliphatic hydroxyl groups excluding tert-OH is 1. The molecular formula is C12H24NO5+. The van der Waals surface area contributed by atoms with Crippen molar-refractivity contribution in [2.45, 2.75) is 32.5 Å². The SMILES string of the molecule is CC(C)C(O)C(=O)OC(CC(=O)O)C[N+](C)(C)C. The summed E-state index contributed by atoms with van der Waals surface area (Å²) in [4.78, 5) is 22.3. The molecular weight excluding hydrogens is 238 g/mol. The molecule has 6 nitrogen and oxygen atoms in total. The molecule has 0 amide bonds. The molecule has 2 atom stereocenters. The van der Waals surface area contributed by atoms with Crippen molar-refractivity contribution in [1.82, 2.24) is 0 Å². The molecule has 0 fully saturated rings. The van der Waals surface area contributed by atoms with Gasteiger partial charge in [-0.3, -0.25) is 4.79 Å². The lowest BCUT2D eigenvalue weighted by Gasteiger charge is -2.29. The van der Waals surface area contributed by atoms with Gasteiger partial charge in [0.1, 0.15) is 6.54 Å². The zero-order valence-corrected chi connectivity index (χ0v) is 11.7.